The van der Waals surface area contributed by atoms with Crippen molar-refractivity contribution in [3.05, 3.63) is 16.1 Å². The van der Waals surface area contributed by atoms with Gasteiger partial charge in [0.1, 0.15) is 16.5 Å². The topological polar surface area (TPSA) is 59.4 Å². The van der Waals surface area contributed by atoms with Gasteiger partial charge in [-0.3, -0.25) is 0 Å². The molecule has 0 amide bonds. The van der Waals surface area contributed by atoms with E-state index in [1.807, 2.05) is 0 Å². The van der Waals surface area contributed by atoms with Crippen molar-refractivity contribution in [2.75, 3.05) is 6.61 Å². The second kappa shape index (κ2) is 5.41. The maximum atomic E-state index is 12.4. The van der Waals surface area contributed by atoms with Crippen LogP contribution in [0.1, 0.15) is 14.7 Å². The first kappa shape index (κ1) is 13.8. The van der Waals surface area contributed by atoms with Gasteiger partial charge >= 0.3 is 18.3 Å². The maximum Gasteiger partial charge on any atom is 0.347 e. The smallest absolute Gasteiger partial charge is 0.347 e. The van der Waals surface area contributed by atoms with E-state index in [0.29, 0.717) is 0 Å². The second-order valence-corrected chi connectivity index (χ2v) is 4.09. The predicted octanol–water partition coefficient (Wildman–Crippen LogP) is 2.26. The Morgan fingerprint density at radius 1 is 1.59 bits per heavy atom. The van der Waals surface area contributed by atoms with Crippen molar-refractivity contribution in [3.63, 3.8) is 0 Å². The Morgan fingerprint density at radius 2 is 2.24 bits per heavy atom. The Kier molecular flexibility index (Phi) is 4.40. The van der Waals surface area contributed by atoms with Crippen molar-refractivity contribution in [1.29, 1.82) is 0 Å². The summed E-state index contributed by atoms with van der Waals surface area (Å²) in [5.41, 5.74) is 0. The van der Waals surface area contributed by atoms with Crippen molar-refractivity contribution >= 4 is 17.3 Å². The van der Waals surface area contributed by atoms with Crippen LogP contribution in [0.15, 0.2) is 6.20 Å². The van der Waals surface area contributed by atoms with Crippen LogP contribution in [0.2, 0.25) is 0 Å². The standard InChI is InChI=1S/C8H7F4NO3S/c9-7(10)8(11,12)3-16-2-5-13-1-4(17-5)6(14)15/h1,7H,2-3H2,(H,14,15). The van der Waals surface area contributed by atoms with Gasteiger partial charge in [-0.25, -0.2) is 18.6 Å². The number of ether oxygens (including phenoxy) is 1. The van der Waals surface area contributed by atoms with E-state index in [2.05, 4.69) is 9.72 Å². The molecule has 1 N–H and O–H groups in total. The second-order valence-electron chi connectivity index (χ2n) is 2.98. The molecule has 0 saturated heterocycles. The highest BCUT2D eigenvalue weighted by Crippen LogP contribution is 2.23. The Morgan fingerprint density at radius 3 is 2.71 bits per heavy atom. The highest BCUT2D eigenvalue weighted by molar-refractivity contribution is 7.13. The molecule has 0 spiro atoms. The van der Waals surface area contributed by atoms with Crippen LogP contribution in [0, 0.1) is 0 Å². The van der Waals surface area contributed by atoms with E-state index < -0.39 is 31.5 Å². The Bertz CT molecular complexity index is 396. The van der Waals surface area contributed by atoms with Crippen LogP contribution < -0.4 is 0 Å². The fraction of sp³-hybridized carbons (Fsp3) is 0.500. The van der Waals surface area contributed by atoms with Crippen molar-refractivity contribution in [1.82, 2.24) is 4.98 Å². The molecule has 1 rings (SSSR count). The molecule has 0 bridgehead atoms. The van der Waals surface area contributed by atoms with Crippen LogP contribution >= 0.6 is 11.3 Å². The van der Waals surface area contributed by atoms with E-state index in [1.54, 1.807) is 0 Å². The van der Waals surface area contributed by atoms with Crippen LogP contribution in [-0.2, 0) is 11.3 Å². The van der Waals surface area contributed by atoms with Crippen LogP contribution in [0.3, 0.4) is 0 Å². The van der Waals surface area contributed by atoms with Crippen LogP contribution in [-0.4, -0.2) is 35.0 Å². The molecule has 0 aliphatic carbocycles. The molecule has 1 heterocycles. The molecular weight excluding hydrogens is 266 g/mol. The molecule has 1 aromatic heterocycles. The number of aromatic nitrogens is 1. The molecule has 0 aliphatic rings. The number of hydrogen-bond donors (Lipinski definition) is 1. The molecule has 96 valence electrons. The van der Waals surface area contributed by atoms with Gasteiger partial charge < -0.3 is 9.84 Å². The molecule has 17 heavy (non-hydrogen) atoms. The molecular formula is C8H7F4NO3S. The van der Waals surface area contributed by atoms with E-state index in [9.17, 15) is 22.4 Å². The number of thiazole rings is 1. The lowest BCUT2D eigenvalue weighted by Gasteiger charge is -2.14. The van der Waals surface area contributed by atoms with Crippen molar-refractivity contribution in [2.45, 2.75) is 19.0 Å². The third-order valence-corrected chi connectivity index (χ3v) is 2.56. The highest BCUT2D eigenvalue weighted by atomic mass is 32.1. The summed E-state index contributed by atoms with van der Waals surface area (Å²) in [6.07, 6.45) is -2.76. The third kappa shape index (κ3) is 3.93. The number of carboxylic acid groups (broad SMARTS) is 1. The Labute approximate surface area is 96.8 Å². The minimum absolute atomic E-state index is 0.0794. The summed E-state index contributed by atoms with van der Waals surface area (Å²) in [7, 11) is 0. The average Bonchev–Trinajstić information content (AvgIpc) is 2.66. The molecule has 0 fully saturated rings. The zero-order valence-corrected chi connectivity index (χ0v) is 9.02. The minimum atomic E-state index is -4.22. The summed E-state index contributed by atoms with van der Waals surface area (Å²) >= 11 is 0.732. The average molecular weight is 273 g/mol. The Balaban J connectivity index is 2.43. The van der Waals surface area contributed by atoms with Crippen molar-refractivity contribution in [3.8, 4) is 0 Å². The van der Waals surface area contributed by atoms with Gasteiger partial charge in [0.2, 0.25) is 0 Å². The normalized spacial score (nSPS) is 12.1. The number of carboxylic acids is 1. The molecule has 0 unspecified atom stereocenters. The molecule has 9 heteroatoms. The number of rotatable bonds is 6. The summed E-state index contributed by atoms with van der Waals surface area (Å²) in [4.78, 5) is 13.9. The van der Waals surface area contributed by atoms with Crippen LogP contribution in [0.4, 0.5) is 17.6 Å². The van der Waals surface area contributed by atoms with E-state index in [-0.39, 0.29) is 9.88 Å². The summed E-state index contributed by atoms with van der Waals surface area (Å²) < 4.78 is 52.6. The lowest BCUT2D eigenvalue weighted by Crippen LogP contribution is -2.32. The minimum Gasteiger partial charge on any atom is -0.477 e. The van der Waals surface area contributed by atoms with Gasteiger partial charge in [-0.05, 0) is 0 Å². The van der Waals surface area contributed by atoms with Crippen molar-refractivity contribution < 1.29 is 32.2 Å². The molecule has 4 nitrogen and oxygen atoms in total. The lowest BCUT2D eigenvalue weighted by molar-refractivity contribution is -0.168. The SMILES string of the molecule is O=C(O)c1cnc(COCC(F)(F)C(F)F)s1. The predicted molar refractivity (Wildman–Crippen MR) is 49.7 cm³/mol. The van der Waals surface area contributed by atoms with Gasteiger partial charge in [-0.2, -0.15) is 8.78 Å². The summed E-state index contributed by atoms with van der Waals surface area (Å²) in [6, 6.07) is 0. The highest BCUT2D eigenvalue weighted by Gasteiger charge is 2.40. The summed E-state index contributed by atoms with van der Waals surface area (Å²) in [5.74, 6) is -5.42. The quantitative estimate of drug-likeness (QED) is 0.808. The first-order chi connectivity index (χ1) is 7.83. The molecule has 0 saturated carbocycles. The Hall–Kier alpha value is -1.22. The fourth-order valence-corrected chi connectivity index (χ4v) is 1.51. The van der Waals surface area contributed by atoms with Crippen LogP contribution in [0.25, 0.3) is 0 Å². The lowest BCUT2D eigenvalue weighted by atomic mass is 10.4. The monoisotopic (exact) mass is 273 g/mol. The van der Waals surface area contributed by atoms with Crippen molar-refractivity contribution in [2.24, 2.45) is 0 Å². The zero-order valence-electron chi connectivity index (χ0n) is 8.20. The van der Waals surface area contributed by atoms with E-state index in [4.69, 9.17) is 5.11 Å². The third-order valence-electron chi connectivity index (χ3n) is 1.60. The van der Waals surface area contributed by atoms with Gasteiger partial charge in [-0.1, -0.05) is 0 Å². The molecule has 0 atom stereocenters. The first-order valence-electron chi connectivity index (χ1n) is 4.24. The van der Waals surface area contributed by atoms with Gasteiger partial charge in [0.05, 0.1) is 12.8 Å². The largest absolute Gasteiger partial charge is 0.477 e. The molecule has 1 aromatic rings. The molecule has 0 radical (unpaired) electrons. The van der Waals surface area contributed by atoms with E-state index in [1.165, 1.54) is 0 Å². The first-order valence-corrected chi connectivity index (χ1v) is 5.06. The number of aromatic carboxylic acids is 1. The number of carbonyl (C=O) groups is 1. The van der Waals surface area contributed by atoms with E-state index >= 15 is 0 Å². The summed E-state index contributed by atoms with van der Waals surface area (Å²) in [6.45, 7) is -1.87. The zero-order chi connectivity index (χ0) is 13.1. The number of nitrogens with zero attached hydrogens (tertiary/aromatic N) is 1. The molecule has 0 aliphatic heterocycles. The van der Waals surface area contributed by atoms with Gasteiger partial charge in [0.25, 0.3) is 0 Å². The van der Waals surface area contributed by atoms with E-state index in [0.717, 1.165) is 17.5 Å². The van der Waals surface area contributed by atoms with Gasteiger partial charge in [-0.15, -0.1) is 11.3 Å². The number of hydrogen-bond acceptors (Lipinski definition) is 4. The fourth-order valence-electron chi connectivity index (χ4n) is 0.813. The number of halogens is 4. The van der Waals surface area contributed by atoms with Gasteiger partial charge in [0, 0.05) is 0 Å². The summed E-state index contributed by atoms with van der Waals surface area (Å²) in [5, 5.41) is 8.67. The molecule has 0 aromatic carbocycles. The van der Waals surface area contributed by atoms with Crippen LogP contribution in [0.5, 0.6) is 0 Å². The number of alkyl halides is 4. The van der Waals surface area contributed by atoms with Gasteiger partial charge in [0.15, 0.2) is 0 Å². The maximum absolute atomic E-state index is 12.4.